The lowest BCUT2D eigenvalue weighted by atomic mass is 9.95. The molecule has 2 N–H and O–H groups in total. The van der Waals surface area contributed by atoms with Crippen molar-refractivity contribution in [1.82, 2.24) is 10.6 Å². The number of amides is 2. The highest BCUT2D eigenvalue weighted by Gasteiger charge is 2.15. The zero-order chi connectivity index (χ0) is 18.9. The van der Waals surface area contributed by atoms with Gasteiger partial charge in [0.05, 0.1) is 0 Å². The van der Waals surface area contributed by atoms with Gasteiger partial charge < -0.3 is 15.4 Å². The van der Waals surface area contributed by atoms with Gasteiger partial charge in [0.25, 0.3) is 5.91 Å². The summed E-state index contributed by atoms with van der Waals surface area (Å²) in [5, 5.41) is 5.81. The van der Waals surface area contributed by atoms with Crippen molar-refractivity contribution in [3.05, 3.63) is 29.3 Å². The Labute approximate surface area is 156 Å². The van der Waals surface area contributed by atoms with Gasteiger partial charge in [0.15, 0.2) is 6.61 Å². The average molecular weight is 360 g/mol. The molecule has 0 bridgehead atoms. The minimum absolute atomic E-state index is 0.0129. The molecule has 2 rings (SSSR count). The summed E-state index contributed by atoms with van der Waals surface area (Å²) in [4.78, 5) is 23.9. The molecule has 2 amide bonds. The zero-order valence-corrected chi connectivity index (χ0v) is 16.3. The Hall–Kier alpha value is -2.04. The maximum atomic E-state index is 12.0. The van der Waals surface area contributed by atoms with Crippen LogP contribution in [-0.2, 0) is 9.59 Å². The lowest BCUT2D eigenvalue weighted by Crippen LogP contribution is -2.38. The van der Waals surface area contributed by atoms with Crippen LogP contribution in [0, 0.1) is 6.92 Å². The summed E-state index contributed by atoms with van der Waals surface area (Å²) in [6.07, 6.45) is 6.10. The van der Waals surface area contributed by atoms with E-state index in [0.29, 0.717) is 24.9 Å². The number of hydrogen-bond acceptors (Lipinski definition) is 3. The van der Waals surface area contributed by atoms with Gasteiger partial charge in [-0.15, -0.1) is 0 Å². The number of nitrogens with one attached hydrogen (secondary N) is 2. The summed E-state index contributed by atoms with van der Waals surface area (Å²) in [5.74, 6) is 0.896. The maximum absolute atomic E-state index is 12.0. The number of benzene rings is 1. The predicted octanol–water partition coefficient (Wildman–Crippen LogP) is 3.45. The molecule has 0 radical (unpaired) electrons. The summed E-state index contributed by atoms with van der Waals surface area (Å²) >= 11 is 0. The van der Waals surface area contributed by atoms with Gasteiger partial charge in [-0.25, -0.2) is 0 Å². The first kappa shape index (κ1) is 20.3. The van der Waals surface area contributed by atoms with Gasteiger partial charge >= 0.3 is 0 Å². The van der Waals surface area contributed by atoms with E-state index in [9.17, 15) is 9.59 Å². The van der Waals surface area contributed by atoms with Crippen LogP contribution in [0.25, 0.3) is 0 Å². The van der Waals surface area contributed by atoms with Crippen LogP contribution >= 0.6 is 0 Å². The molecule has 0 saturated heterocycles. The predicted molar refractivity (Wildman–Crippen MR) is 103 cm³/mol. The second-order valence-corrected chi connectivity index (χ2v) is 7.49. The fourth-order valence-electron chi connectivity index (χ4n) is 3.30. The smallest absolute Gasteiger partial charge is 0.257 e. The quantitative estimate of drug-likeness (QED) is 0.746. The largest absolute Gasteiger partial charge is 0.483 e. The topological polar surface area (TPSA) is 67.4 Å². The minimum Gasteiger partial charge on any atom is -0.483 e. The lowest BCUT2D eigenvalue weighted by Gasteiger charge is -2.22. The van der Waals surface area contributed by atoms with E-state index in [0.717, 1.165) is 29.7 Å². The first-order chi connectivity index (χ1) is 12.5. The van der Waals surface area contributed by atoms with Crippen molar-refractivity contribution in [1.29, 1.82) is 0 Å². The molecule has 5 nitrogen and oxygen atoms in total. The lowest BCUT2D eigenvalue weighted by molar-refractivity contribution is -0.124. The Kier molecular flexibility index (Phi) is 7.95. The van der Waals surface area contributed by atoms with Crippen LogP contribution in [0.4, 0.5) is 0 Å². The van der Waals surface area contributed by atoms with Gasteiger partial charge in [-0.1, -0.05) is 45.2 Å². The molecule has 0 unspecified atom stereocenters. The highest BCUT2D eigenvalue weighted by Crippen LogP contribution is 2.27. The molecule has 1 aromatic carbocycles. The summed E-state index contributed by atoms with van der Waals surface area (Å²) in [7, 11) is 0. The number of rotatable bonds is 8. The molecule has 0 spiro atoms. The van der Waals surface area contributed by atoms with E-state index in [1.54, 1.807) is 0 Å². The van der Waals surface area contributed by atoms with Gasteiger partial charge in [-0.3, -0.25) is 9.59 Å². The van der Waals surface area contributed by atoms with Crippen LogP contribution in [0.1, 0.15) is 69.4 Å². The SMILES string of the molecule is Cc1ccc(C(C)C)c(OCC(=O)NCCC(=O)NC2CCCCC2)c1. The van der Waals surface area contributed by atoms with Crippen molar-refractivity contribution in [2.75, 3.05) is 13.2 Å². The third-order valence-electron chi connectivity index (χ3n) is 4.79. The summed E-state index contributed by atoms with van der Waals surface area (Å²) < 4.78 is 5.71. The molecule has 0 aromatic heterocycles. The number of carbonyl (C=O) groups excluding carboxylic acids is 2. The second kappa shape index (κ2) is 10.2. The number of ether oxygens (including phenoxy) is 1. The Morgan fingerprint density at radius 2 is 1.88 bits per heavy atom. The van der Waals surface area contributed by atoms with Crippen molar-refractivity contribution >= 4 is 11.8 Å². The maximum Gasteiger partial charge on any atom is 0.257 e. The Bertz CT molecular complexity index is 607. The monoisotopic (exact) mass is 360 g/mol. The Morgan fingerprint density at radius 1 is 1.15 bits per heavy atom. The Balaban J connectivity index is 1.69. The third kappa shape index (κ3) is 6.70. The van der Waals surface area contributed by atoms with Gasteiger partial charge in [-0.2, -0.15) is 0 Å². The van der Waals surface area contributed by atoms with E-state index >= 15 is 0 Å². The number of carbonyl (C=O) groups is 2. The van der Waals surface area contributed by atoms with Crippen LogP contribution in [0.2, 0.25) is 0 Å². The van der Waals surface area contributed by atoms with Crippen molar-refractivity contribution < 1.29 is 14.3 Å². The molecule has 1 saturated carbocycles. The zero-order valence-electron chi connectivity index (χ0n) is 16.3. The molecular weight excluding hydrogens is 328 g/mol. The third-order valence-corrected chi connectivity index (χ3v) is 4.79. The standard InChI is InChI=1S/C21H32N2O3/c1-15(2)18-10-9-16(3)13-19(18)26-14-21(25)22-12-11-20(24)23-17-7-5-4-6-8-17/h9-10,13,15,17H,4-8,11-12,14H2,1-3H3,(H,22,25)(H,23,24). The first-order valence-electron chi connectivity index (χ1n) is 9.75. The van der Waals surface area contributed by atoms with Crippen molar-refractivity contribution in [3.63, 3.8) is 0 Å². The average Bonchev–Trinajstić information content (AvgIpc) is 2.60. The van der Waals surface area contributed by atoms with Gasteiger partial charge in [0.2, 0.25) is 5.91 Å². The molecular formula is C21H32N2O3. The molecule has 0 heterocycles. The molecule has 0 aliphatic heterocycles. The highest BCUT2D eigenvalue weighted by atomic mass is 16.5. The fourth-order valence-corrected chi connectivity index (χ4v) is 3.30. The fraction of sp³-hybridized carbons (Fsp3) is 0.619. The molecule has 0 atom stereocenters. The van der Waals surface area contributed by atoms with Crippen LogP contribution in [0.15, 0.2) is 18.2 Å². The van der Waals surface area contributed by atoms with Crippen LogP contribution in [0.3, 0.4) is 0 Å². The summed E-state index contributed by atoms with van der Waals surface area (Å²) in [5.41, 5.74) is 2.19. The van der Waals surface area contributed by atoms with Gasteiger partial charge in [0.1, 0.15) is 5.75 Å². The minimum atomic E-state index is -0.202. The van der Waals surface area contributed by atoms with Gasteiger partial charge in [-0.05, 0) is 42.9 Å². The van der Waals surface area contributed by atoms with Crippen molar-refractivity contribution in [2.24, 2.45) is 0 Å². The van der Waals surface area contributed by atoms with E-state index < -0.39 is 0 Å². The summed E-state index contributed by atoms with van der Waals surface area (Å²) in [6, 6.07) is 6.36. The number of aryl methyl sites for hydroxylation is 1. The van der Waals surface area contributed by atoms with E-state index in [1.165, 1.54) is 19.3 Å². The van der Waals surface area contributed by atoms with Gasteiger partial charge in [0, 0.05) is 19.0 Å². The van der Waals surface area contributed by atoms with E-state index in [4.69, 9.17) is 4.74 Å². The van der Waals surface area contributed by atoms with Crippen LogP contribution in [0.5, 0.6) is 5.75 Å². The van der Waals surface area contributed by atoms with E-state index in [2.05, 4.69) is 24.5 Å². The van der Waals surface area contributed by atoms with Crippen molar-refractivity contribution in [3.8, 4) is 5.75 Å². The molecule has 144 valence electrons. The van der Waals surface area contributed by atoms with E-state index in [1.807, 2.05) is 25.1 Å². The van der Waals surface area contributed by atoms with Crippen molar-refractivity contribution in [2.45, 2.75) is 71.3 Å². The molecule has 1 aromatic rings. The van der Waals surface area contributed by atoms with E-state index in [-0.39, 0.29) is 18.4 Å². The van der Waals surface area contributed by atoms with Crippen LogP contribution in [-0.4, -0.2) is 31.0 Å². The highest BCUT2D eigenvalue weighted by molar-refractivity contribution is 5.80. The summed E-state index contributed by atoms with van der Waals surface area (Å²) in [6.45, 7) is 6.51. The molecule has 1 aliphatic rings. The second-order valence-electron chi connectivity index (χ2n) is 7.49. The van der Waals surface area contributed by atoms with Crippen LogP contribution < -0.4 is 15.4 Å². The molecule has 1 aliphatic carbocycles. The first-order valence-corrected chi connectivity index (χ1v) is 9.75. The number of hydrogen-bond donors (Lipinski definition) is 2. The molecule has 26 heavy (non-hydrogen) atoms. The molecule has 5 heteroatoms. The molecule has 1 fully saturated rings. The normalized spacial score (nSPS) is 14.9. The Morgan fingerprint density at radius 3 is 2.58 bits per heavy atom.